The zero-order valence-electron chi connectivity index (χ0n) is 19.7. The van der Waals surface area contributed by atoms with E-state index in [1.807, 2.05) is 30.4 Å². The van der Waals surface area contributed by atoms with Crippen LogP contribution in [0.25, 0.3) is 0 Å². The zero-order chi connectivity index (χ0) is 21.3. The van der Waals surface area contributed by atoms with Gasteiger partial charge in [0.05, 0.1) is 1.37 Å². The van der Waals surface area contributed by atoms with Gasteiger partial charge >= 0.3 is 0 Å². The molecule has 3 heteroatoms. The number of hydrogen-bond acceptors (Lipinski definition) is 3. The molecule has 0 unspecified atom stereocenters. The van der Waals surface area contributed by atoms with Crippen LogP contribution in [0.4, 0.5) is 0 Å². The third-order valence-corrected chi connectivity index (χ3v) is 7.34. The van der Waals surface area contributed by atoms with Crippen molar-refractivity contribution < 1.29 is 6.48 Å². The van der Waals surface area contributed by atoms with Gasteiger partial charge in [0.15, 0.2) is 0 Å². The van der Waals surface area contributed by atoms with E-state index in [2.05, 4.69) is 19.9 Å². The average molecular weight is 426 g/mol. The quantitative estimate of drug-likeness (QED) is 0.237. The molecule has 0 atom stereocenters. The van der Waals surface area contributed by atoms with Gasteiger partial charge in [0, 0.05) is 17.1 Å². The fourth-order valence-corrected chi connectivity index (χ4v) is 5.30. The van der Waals surface area contributed by atoms with Crippen molar-refractivity contribution in [2.45, 2.75) is 109 Å². The molecule has 1 aromatic rings. The Kier molecular flexibility index (Phi) is 15.1. The smallest absolute Gasteiger partial charge is 0.122 e. The molecule has 28 heavy (non-hydrogen) atoms. The third kappa shape index (κ3) is 12.3. The fourth-order valence-electron chi connectivity index (χ4n) is 3.38. The van der Waals surface area contributed by atoms with E-state index in [4.69, 9.17) is 1.37 Å². The molecular weight excluding hydrogens is 380 g/mol. The molecule has 1 aromatic carbocycles. The Morgan fingerprint density at radius 1 is 0.786 bits per heavy atom. The highest BCUT2D eigenvalue weighted by Crippen LogP contribution is 2.29. The van der Waals surface area contributed by atoms with Gasteiger partial charge in [-0.15, -0.1) is 0 Å². The predicted octanol–water partition coefficient (Wildman–Crippen LogP) is 8.89. The highest BCUT2D eigenvalue weighted by molar-refractivity contribution is 7.98. The highest BCUT2D eigenvalue weighted by Gasteiger charge is 2.08. The van der Waals surface area contributed by atoms with Crippen LogP contribution in [0.15, 0.2) is 12.1 Å². The van der Waals surface area contributed by atoms with E-state index in [0.717, 1.165) is 33.9 Å². The third-order valence-electron chi connectivity index (χ3n) is 5.16. The maximum atomic E-state index is 10.5. The van der Waals surface area contributed by atoms with Gasteiger partial charge < -0.3 is 5.11 Å². The largest absolute Gasteiger partial charge is 0.507 e. The Bertz CT molecular complexity index is 504. The highest BCUT2D eigenvalue weighted by atomic mass is 32.2. The first-order valence-electron chi connectivity index (χ1n) is 12.1. The summed E-state index contributed by atoms with van der Waals surface area (Å²) in [4.78, 5) is 0. The van der Waals surface area contributed by atoms with E-state index >= 15 is 0 Å². The number of benzene rings is 1. The molecule has 0 saturated heterocycles. The summed E-state index contributed by atoms with van der Waals surface area (Å²) in [7, 11) is 0. The molecular formula is C25H44OS2. The summed E-state index contributed by atoms with van der Waals surface area (Å²) in [5.74, 6) is 4.43. The minimum absolute atomic E-state index is 0.343. The number of unbranched alkanes of at least 4 members (excludes halogenated alkanes) is 10. The van der Waals surface area contributed by atoms with Crippen molar-refractivity contribution in [1.82, 2.24) is 0 Å². The van der Waals surface area contributed by atoms with Gasteiger partial charge in [-0.2, -0.15) is 23.5 Å². The topological polar surface area (TPSA) is 20.2 Å². The minimum atomic E-state index is 0.343. The van der Waals surface area contributed by atoms with Gasteiger partial charge in [0.25, 0.3) is 0 Å². The van der Waals surface area contributed by atoms with E-state index in [1.54, 1.807) is 0 Å². The van der Waals surface area contributed by atoms with Gasteiger partial charge in [-0.1, -0.05) is 90.2 Å². The Morgan fingerprint density at radius 3 is 1.86 bits per heavy atom. The number of aromatic hydroxyl groups is 1. The number of rotatable bonds is 18. The summed E-state index contributed by atoms with van der Waals surface area (Å²) in [6.45, 7) is 6.41. The molecule has 0 radical (unpaired) electrons. The van der Waals surface area contributed by atoms with E-state index in [0.29, 0.717) is 11.8 Å². The summed E-state index contributed by atoms with van der Waals surface area (Å²) < 4.78 is 8.37. The van der Waals surface area contributed by atoms with Crippen LogP contribution in [0.5, 0.6) is 5.75 Å². The molecule has 0 spiro atoms. The first-order chi connectivity index (χ1) is 14.1. The van der Waals surface area contributed by atoms with Gasteiger partial charge in [-0.05, 0) is 42.4 Å². The van der Waals surface area contributed by atoms with Crippen molar-refractivity contribution in [3.05, 3.63) is 28.8 Å². The van der Waals surface area contributed by atoms with Crippen LogP contribution in [0, 0.1) is 6.92 Å². The van der Waals surface area contributed by atoms with Gasteiger partial charge in [0.1, 0.15) is 5.75 Å². The lowest BCUT2D eigenvalue weighted by atomic mass is 10.1. The summed E-state index contributed by atoms with van der Waals surface area (Å²) >= 11 is 3.86. The number of hydrogen-bond donors (Lipinski definition) is 1. The van der Waals surface area contributed by atoms with E-state index in [1.165, 1.54) is 82.8 Å². The molecule has 0 aliphatic heterocycles. The molecule has 0 amide bonds. The lowest BCUT2D eigenvalue weighted by molar-refractivity contribution is 0.466. The first kappa shape index (κ1) is 24.0. The van der Waals surface area contributed by atoms with Crippen LogP contribution < -0.4 is 0 Å². The van der Waals surface area contributed by atoms with Crippen molar-refractivity contribution in [3.8, 4) is 5.75 Å². The molecule has 1 rings (SSSR count). The van der Waals surface area contributed by atoms with Crippen LogP contribution in [-0.4, -0.2) is 16.6 Å². The summed E-state index contributed by atoms with van der Waals surface area (Å²) in [5.41, 5.74) is 2.86. The second kappa shape index (κ2) is 17.6. The number of phenols is 1. The monoisotopic (exact) mass is 425 g/mol. The van der Waals surface area contributed by atoms with Gasteiger partial charge in [-0.3, -0.25) is 0 Å². The molecule has 0 aromatic heterocycles. The molecule has 0 bridgehead atoms. The molecule has 0 aliphatic rings. The number of thioether (sulfide) groups is 2. The number of phenolic OH excluding ortho intramolecular Hbond substituents is 1. The fraction of sp³-hybridized carbons (Fsp3) is 0.760. The Balaban J connectivity index is 2.35. The van der Waals surface area contributed by atoms with Crippen molar-refractivity contribution in [2.24, 2.45) is 0 Å². The molecule has 0 aliphatic carbocycles. The maximum Gasteiger partial charge on any atom is 0.122 e. The zero-order valence-corrected chi connectivity index (χ0v) is 20.3. The molecule has 162 valence electrons. The molecule has 1 nitrogen and oxygen atoms in total. The van der Waals surface area contributed by atoms with Crippen LogP contribution in [0.1, 0.15) is 109 Å². The second-order valence-corrected chi connectivity index (χ2v) is 10.1. The van der Waals surface area contributed by atoms with Crippen molar-refractivity contribution in [3.63, 3.8) is 0 Å². The summed E-state index contributed by atoms with van der Waals surface area (Å²) in [6.07, 6.45) is 16.0. The van der Waals surface area contributed by atoms with Crippen LogP contribution in [0.3, 0.4) is 0 Å². The second-order valence-electron chi connectivity index (χ2n) is 7.93. The Hall–Kier alpha value is -0.280. The van der Waals surface area contributed by atoms with Crippen molar-refractivity contribution in [1.29, 1.82) is 0 Å². The average Bonchev–Trinajstić information content (AvgIpc) is 2.72. The van der Waals surface area contributed by atoms with Gasteiger partial charge in [-0.25, -0.2) is 0 Å². The van der Waals surface area contributed by atoms with E-state index in [9.17, 15) is 5.11 Å². The van der Waals surface area contributed by atoms with Crippen molar-refractivity contribution in [2.75, 3.05) is 11.5 Å². The maximum absolute atomic E-state index is 10.5. The van der Waals surface area contributed by atoms with Crippen LogP contribution >= 0.6 is 23.5 Å². The van der Waals surface area contributed by atoms with Crippen LogP contribution in [0.2, 0.25) is 0 Å². The van der Waals surface area contributed by atoms with Crippen LogP contribution in [-0.2, 0) is 11.5 Å². The van der Waals surface area contributed by atoms with Crippen molar-refractivity contribution >= 4 is 23.5 Å². The van der Waals surface area contributed by atoms with E-state index in [-0.39, 0.29) is 0 Å². The Morgan fingerprint density at radius 2 is 1.29 bits per heavy atom. The summed E-state index contributed by atoms with van der Waals surface area (Å²) in [6, 6.07) is 2.62. The first-order valence-corrected chi connectivity index (χ1v) is 13.9. The lowest BCUT2D eigenvalue weighted by Gasteiger charge is -2.11. The minimum Gasteiger partial charge on any atom is -0.507 e. The standard InChI is InChI=1S/C25H44OS2/c1-4-6-8-10-12-14-16-27-20-23-18-22(3)25(26)24(19-23)21-28-17-15-13-11-9-7-5-2/h18-19,26H,4-17,20-21H2,1-3H3/i18D. The summed E-state index contributed by atoms with van der Waals surface area (Å²) in [5, 5.41) is 10.5. The normalized spacial score (nSPS) is 11.8. The molecule has 0 fully saturated rings. The van der Waals surface area contributed by atoms with E-state index < -0.39 is 0 Å². The molecule has 0 heterocycles. The predicted molar refractivity (Wildman–Crippen MR) is 132 cm³/mol. The SMILES string of the molecule is [2H]c1c(CSCCCCCCCC)cc(CSCCCCCCCC)c(O)c1C. The lowest BCUT2D eigenvalue weighted by Crippen LogP contribution is -1.92. The van der Waals surface area contributed by atoms with Gasteiger partial charge in [0.2, 0.25) is 0 Å². The molecule has 1 N–H and O–H groups in total. The Labute approximate surface area is 185 Å². The molecule has 0 saturated carbocycles.